The molecule has 0 unspecified atom stereocenters. The van der Waals surface area contributed by atoms with Gasteiger partial charge in [0, 0.05) is 25.7 Å². The van der Waals surface area contributed by atoms with E-state index in [1.165, 1.54) is 11.0 Å². The van der Waals surface area contributed by atoms with Gasteiger partial charge in [0.25, 0.3) is 5.91 Å². The number of anilines is 1. The molecular formula is C12H18ClN3O2. The summed E-state index contributed by atoms with van der Waals surface area (Å²) in [7, 11) is 1.63. The quantitative estimate of drug-likeness (QED) is 0.772. The lowest BCUT2D eigenvalue weighted by Gasteiger charge is -2.16. The third-order valence-corrected chi connectivity index (χ3v) is 2.57. The van der Waals surface area contributed by atoms with E-state index < -0.39 is 0 Å². The second-order valence-electron chi connectivity index (χ2n) is 3.94. The van der Waals surface area contributed by atoms with Gasteiger partial charge in [0.05, 0.1) is 6.61 Å². The molecule has 0 aromatic carbocycles. The number of halogens is 1. The van der Waals surface area contributed by atoms with Crippen molar-refractivity contribution >= 4 is 23.3 Å². The molecule has 0 aliphatic carbocycles. The zero-order valence-electron chi connectivity index (χ0n) is 10.6. The number of rotatable bonds is 6. The Morgan fingerprint density at radius 1 is 1.56 bits per heavy atom. The molecule has 0 atom stereocenters. The molecule has 1 rings (SSSR count). The summed E-state index contributed by atoms with van der Waals surface area (Å²) < 4.78 is 0. The number of aliphatic hydroxyl groups is 1. The van der Waals surface area contributed by atoms with Gasteiger partial charge in [-0.3, -0.25) is 4.79 Å². The number of carbonyl (C=O) groups is 1. The van der Waals surface area contributed by atoms with Crippen molar-refractivity contribution < 1.29 is 9.90 Å². The molecule has 0 aliphatic rings. The Hall–Kier alpha value is -1.33. The number of hydrogen-bond acceptors (Lipinski definition) is 4. The lowest BCUT2D eigenvalue weighted by atomic mass is 10.2. The van der Waals surface area contributed by atoms with Gasteiger partial charge in [-0.2, -0.15) is 0 Å². The Kier molecular flexibility index (Phi) is 5.88. The van der Waals surface area contributed by atoms with E-state index in [1.54, 1.807) is 13.1 Å². The molecule has 1 amide bonds. The van der Waals surface area contributed by atoms with Crippen LogP contribution in [0.15, 0.2) is 12.1 Å². The van der Waals surface area contributed by atoms with Crippen LogP contribution in [0.2, 0.25) is 5.15 Å². The average molecular weight is 272 g/mol. The van der Waals surface area contributed by atoms with E-state index in [9.17, 15) is 4.79 Å². The van der Waals surface area contributed by atoms with Crippen molar-refractivity contribution in [3.63, 3.8) is 0 Å². The molecule has 1 aromatic rings. The number of likely N-dealkylation sites (N-methyl/N-ethyl adjacent to an activating group) is 1. The normalized spacial score (nSPS) is 10.2. The molecule has 2 N–H and O–H groups in total. The molecule has 100 valence electrons. The minimum absolute atomic E-state index is 0.0675. The molecule has 0 radical (unpaired) electrons. The monoisotopic (exact) mass is 271 g/mol. The first-order valence-corrected chi connectivity index (χ1v) is 6.24. The Bertz CT molecular complexity index is 412. The Balaban J connectivity index is 2.87. The van der Waals surface area contributed by atoms with Crippen LogP contribution in [0.1, 0.15) is 23.7 Å². The van der Waals surface area contributed by atoms with Crippen LogP contribution in [0, 0.1) is 0 Å². The number of amides is 1. The second-order valence-corrected chi connectivity index (χ2v) is 4.33. The molecule has 0 fully saturated rings. The van der Waals surface area contributed by atoms with Gasteiger partial charge in [-0.1, -0.05) is 18.5 Å². The van der Waals surface area contributed by atoms with Crippen LogP contribution in [0.25, 0.3) is 0 Å². The zero-order valence-corrected chi connectivity index (χ0v) is 11.4. The van der Waals surface area contributed by atoms with Crippen LogP contribution in [-0.4, -0.2) is 47.6 Å². The van der Waals surface area contributed by atoms with Crippen LogP contribution in [-0.2, 0) is 0 Å². The van der Waals surface area contributed by atoms with Gasteiger partial charge in [0.2, 0.25) is 0 Å². The topological polar surface area (TPSA) is 65.5 Å². The van der Waals surface area contributed by atoms with Gasteiger partial charge in [0.1, 0.15) is 11.0 Å². The second kappa shape index (κ2) is 7.18. The highest BCUT2D eigenvalue weighted by Gasteiger charge is 2.13. The van der Waals surface area contributed by atoms with E-state index in [0.717, 1.165) is 13.0 Å². The number of carbonyl (C=O) groups excluding carboxylic acids is 1. The van der Waals surface area contributed by atoms with Gasteiger partial charge >= 0.3 is 0 Å². The highest BCUT2D eigenvalue weighted by Crippen LogP contribution is 2.16. The van der Waals surface area contributed by atoms with Gasteiger partial charge in [-0.15, -0.1) is 0 Å². The summed E-state index contributed by atoms with van der Waals surface area (Å²) in [5.41, 5.74) is 0.463. The smallest absolute Gasteiger partial charge is 0.253 e. The maximum Gasteiger partial charge on any atom is 0.253 e. The first kappa shape index (κ1) is 14.7. The third kappa shape index (κ3) is 4.16. The number of aromatic nitrogens is 1. The van der Waals surface area contributed by atoms with Gasteiger partial charge < -0.3 is 15.3 Å². The molecule has 5 nitrogen and oxygen atoms in total. The van der Waals surface area contributed by atoms with Crippen LogP contribution in [0.5, 0.6) is 0 Å². The maximum atomic E-state index is 12.0. The lowest BCUT2D eigenvalue weighted by Crippen LogP contribution is -2.29. The van der Waals surface area contributed by atoms with E-state index in [2.05, 4.69) is 10.3 Å². The minimum Gasteiger partial charge on any atom is -0.395 e. The molecule has 6 heteroatoms. The third-order valence-electron chi connectivity index (χ3n) is 2.38. The van der Waals surface area contributed by atoms with Crippen molar-refractivity contribution in [2.75, 3.05) is 32.1 Å². The van der Waals surface area contributed by atoms with Gasteiger partial charge in [-0.05, 0) is 18.6 Å². The molecule has 1 heterocycles. The Morgan fingerprint density at radius 2 is 2.28 bits per heavy atom. The predicted octanol–water partition coefficient (Wildman–Crippen LogP) is 1.62. The van der Waals surface area contributed by atoms with Crippen LogP contribution < -0.4 is 5.32 Å². The summed E-state index contributed by atoms with van der Waals surface area (Å²) >= 11 is 5.88. The van der Waals surface area contributed by atoms with Crippen LogP contribution >= 0.6 is 11.6 Å². The highest BCUT2D eigenvalue weighted by molar-refractivity contribution is 6.29. The average Bonchev–Trinajstić information content (AvgIpc) is 2.35. The van der Waals surface area contributed by atoms with Crippen molar-refractivity contribution in [2.45, 2.75) is 13.3 Å². The molecule has 18 heavy (non-hydrogen) atoms. The largest absolute Gasteiger partial charge is 0.395 e. The number of aliphatic hydroxyl groups excluding tert-OH is 1. The summed E-state index contributed by atoms with van der Waals surface area (Å²) in [4.78, 5) is 17.5. The highest BCUT2D eigenvalue weighted by atomic mass is 35.5. The number of nitrogens with one attached hydrogen (secondary N) is 1. The van der Waals surface area contributed by atoms with E-state index >= 15 is 0 Å². The molecule has 0 saturated carbocycles. The van der Waals surface area contributed by atoms with E-state index in [-0.39, 0.29) is 24.2 Å². The van der Waals surface area contributed by atoms with Crippen molar-refractivity contribution in [2.24, 2.45) is 0 Å². The SMILES string of the molecule is CCCNc1cc(C(=O)N(C)CCO)cc(Cl)n1. The number of hydrogen-bond donors (Lipinski definition) is 2. The Morgan fingerprint density at radius 3 is 2.89 bits per heavy atom. The van der Waals surface area contributed by atoms with Gasteiger partial charge in [0.15, 0.2) is 0 Å². The first-order chi connectivity index (χ1) is 8.58. The van der Waals surface area contributed by atoms with Gasteiger partial charge in [-0.25, -0.2) is 4.98 Å². The molecular weight excluding hydrogens is 254 g/mol. The van der Waals surface area contributed by atoms with Crippen LogP contribution in [0.4, 0.5) is 5.82 Å². The predicted molar refractivity (Wildman–Crippen MR) is 72.1 cm³/mol. The fourth-order valence-electron chi connectivity index (χ4n) is 1.44. The number of pyridine rings is 1. The first-order valence-electron chi connectivity index (χ1n) is 5.86. The summed E-state index contributed by atoms with van der Waals surface area (Å²) in [6.45, 7) is 3.03. The van der Waals surface area contributed by atoms with Crippen molar-refractivity contribution in [3.8, 4) is 0 Å². The molecule has 0 bridgehead atoms. The van der Waals surface area contributed by atoms with E-state index in [0.29, 0.717) is 11.4 Å². The summed E-state index contributed by atoms with van der Waals surface area (Å²) in [6, 6.07) is 3.19. The van der Waals surface area contributed by atoms with Crippen molar-refractivity contribution in [3.05, 3.63) is 22.8 Å². The molecule has 0 saturated heterocycles. The molecule has 0 spiro atoms. The van der Waals surface area contributed by atoms with Crippen molar-refractivity contribution in [1.29, 1.82) is 0 Å². The summed E-state index contributed by atoms with van der Waals surface area (Å²) in [5.74, 6) is 0.401. The fourth-order valence-corrected chi connectivity index (χ4v) is 1.64. The van der Waals surface area contributed by atoms with Crippen molar-refractivity contribution in [1.82, 2.24) is 9.88 Å². The summed E-state index contributed by atoms with van der Waals surface area (Å²) in [5, 5.41) is 12.2. The van der Waals surface area contributed by atoms with E-state index in [1.807, 2.05) is 6.92 Å². The van der Waals surface area contributed by atoms with Crippen LogP contribution in [0.3, 0.4) is 0 Å². The number of nitrogens with zero attached hydrogens (tertiary/aromatic N) is 2. The molecule has 1 aromatic heterocycles. The summed E-state index contributed by atoms with van der Waals surface area (Å²) in [6.07, 6.45) is 0.960. The lowest BCUT2D eigenvalue weighted by molar-refractivity contribution is 0.0767. The standard InChI is InChI=1S/C12H18ClN3O2/c1-3-4-14-11-8-9(7-10(13)15-11)12(18)16(2)5-6-17/h7-8,17H,3-6H2,1-2H3,(H,14,15). The fraction of sp³-hybridized carbons (Fsp3) is 0.500. The zero-order chi connectivity index (χ0) is 13.5. The maximum absolute atomic E-state index is 12.0. The Labute approximate surface area is 112 Å². The molecule has 0 aliphatic heterocycles. The van der Waals surface area contributed by atoms with E-state index in [4.69, 9.17) is 16.7 Å². The minimum atomic E-state index is -0.187.